The van der Waals surface area contributed by atoms with Gasteiger partial charge in [-0.2, -0.15) is 0 Å². The Hall–Kier alpha value is -3.46. The zero-order chi connectivity index (χ0) is 28.4. The van der Waals surface area contributed by atoms with E-state index in [1.807, 2.05) is 49.4 Å². The summed E-state index contributed by atoms with van der Waals surface area (Å²) in [5, 5.41) is 3.59. The summed E-state index contributed by atoms with van der Waals surface area (Å²) in [6.07, 6.45) is 1.98. The summed E-state index contributed by atoms with van der Waals surface area (Å²) < 4.78 is 0. The fourth-order valence-electron chi connectivity index (χ4n) is 5.31. The van der Waals surface area contributed by atoms with Crippen LogP contribution in [-0.2, 0) is 9.59 Å². The lowest BCUT2D eigenvalue weighted by Crippen LogP contribution is -2.58. The van der Waals surface area contributed by atoms with Crippen molar-refractivity contribution < 1.29 is 9.59 Å². The van der Waals surface area contributed by atoms with E-state index >= 15 is 0 Å². The molecule has 0 radical (unpaired) electrons. The van der Waals surface area contributed by atoms with E-state index in [0.29, 0.717) is 24.4 Å². The zero-order valence-electron chi connectivity index (χ0n) is 23.4. The van der Waals surface area contributed by atoms with Gasteiger partial charge in [-0.05, 0) is 74.4 Å². The molecule has 0 aliphatic carbocycles. The average molecular weight is 571 g/mol. The summed E-state index contributed by atoms with van der Waals surface area (Å²) in [5.41, 5.74) is 2.61. The molecule has 0 spiro atoms. The smallest absolute Gasteiger partial charge is 0.270 e. The van der Waals surface area contributed by atoms with Crippen LogP contribution in [0.5, 0.6) is 0 Å². The predicted octanol–water partition coefficient (Wildman–Crippen LogP) is 6.43. The number of rotatable bonds is 8. The number of hydrogen-bond donors (Lipinski definition) is 0. The van der Waals surface area contributed by atoms with Gasteiger partial charge in [-0.25, -0.2) is 0 Å². The van der Waals surface area contributed by atoms with Crippen molar-refractivity contribution in [3.8, 4) is 0 Å². The molecule has 0 atom stereocenters. The summed E-state index contributed by atoms with van der Waals surface area (Å²) in [5.74, 6) is -0.721. The third-order valence-corrected chi connectivity index (χ3v) is 9.01. The number of thioether (sulfide) groups is 1. The van der Waals surface area contributed by atoms with Crippen LogP contribution in [0.25, 0.3) is 10.8 Å². The van der Waals surface area contributed by atoms with Gasteiger partial charge in [0, 0.05) is 29.9 Å². The Morgan fingerprint density at radius 3 is 2.30 bits per heavy atom. The molecule has 8 heteroatoms. The highest BCUT2D eigenvalue weighted by atomic mass is 32.2. The van der Waals surface area contributed by atoms with E-state index in [-0.39, 0.29) is 22.5 Å². The molecule has 0 bridgehead atoms. The Balaban J connectivity index is 1.57. The maximum Gasteiger partial charge on any atom is 0.270 e. The summed E-state index contributed by atoms with van der Waals surface area (Å²) in [6, 6.07) is 22.0. The first kappa shape index (κ1) is 28.1. The lowest BCUT2D eigenvalue weighted by molar-refractivity contribution is -0.128. The fraction of sp³-hybridized carbons (Fsp3) is 0.281. The third kappa shape index (κ3) is 5.07. The number of carbonyl (C=O) groups is 2. The normalized spacial score (nSPS) is 18.0. The van der Waals surface area contributed by atoms with E-state index in [1.165, 1.54) is 26.3 Å². The Labute approximate surface area is 245 Å². The number of thiocarbonyl (C=S) groups is 1. The summed E-state index contributed by atoms with van der Waals surface area (Å²) in [6.45, 7) is 11.8. The minimum atomic E-state index is -0.386. The van der Waals surface area contributed by atoms with Crippen molar-refractivity contribution in [1.82, 2.24) is 9.80 Å². The molecule has 5 rings (SSSR count). The molecule has 0 aromatic heterocycles. The van der Waals surface area contributed by atoms with Crippen molar-refractivity contribution in [2.45, 2.75) is 32.6 Å². The number of benzene rings is 3. The second kappa shape index (κ2) is 12.0. The maximum atomic E-state index is 14.0. The standard InChI is InChI=1S/C32H34N4O2S2/c1-5-33(6-2)19-20-35-30(37)28(31(38)36(32(35)39)24-14-9-8-10-15-24)22(4)21-27-34(7-3)29-25-16-12-11-13-23(25)17-18-26(29)40-27/h8-18,21H,5-7,19-20H2,1-4H3. The molecule has 206 valence electrons. The van der Waals surface area contributed by atoms with E-state index in [2.05, 4.69) is 60.9 Å². The molecule has 6 nitrogen and oxygen atoms in total. The van der Waals surface area contributed by atoms with Gasteiger partial charge in [0.1, 0.15) is 5.57 Å². The second-order valence-electron chi connectivity index (χ2n) is 9.76. The zero-order valence-corrected chi connectivity index (χ0v) is 25.0. The van der Waals surface area contributed by atoms with Crippen LogP contribution < -0.4 is 9.80 Å². The summed E-state index contributed by atoms with van der Waals surface area (Å²) in [4.78, 5) is 36.7. The van der Waals surface area contributed by atoms with Gasteiger partial charge in [0.05, 0.1) is 16.4 Å². The molecule has 0 N–H and O–H groups in total. The Kier molecular flexibility index (Phi) is 8.40. The average Bonchev–Trinajstić information content (AvgIpc) is 3.33. The van der Waals surface area contributed by atoms with Gasteiger partial charge >= 0.3 is 0 Å². The number of anilines is 2. The minimum Gasteiger partial charge on any atom is -0.335 e. The van der Waals surface area contributed by atoms with E-state index < -0.39 is 0 Å². The van der Waals surface area contributed by atoms with E-state index in [9.17, 15) is 9.59 Å². The summed E-state index contributed by atoms with van der Waals surface area (Å²) in [7, 11) is 0. The molecule has 2 heterocycles. The number of carbonyl (C=O) groups excluding carboxylic acids is 2. The van der Waals surface area contributed by atoms with Crippen LogP contribution in [0, 0.1) is 0 Å². The van der Waals surface area contributed by atoms with Gasteiger partial charge in [-0.15, -0.1) is 0 Å². The first-order chi connectivity index (χ1) is 19.4. The van der Waals surface area contributed by atoms with Crippen molar-refractivity contribution >= 4 is 63.1 Å². The molecule has 2 aliphatic rings. The molecule has 0 unspecified atom stereocenters. The molecule has 40 heavy (non-hydrogen) atoms. The highest BCUT2D eigenvalue weighted by Crippen LogP contribution is 2.49. The van der Waals surface area contributed by atoms with E-state index in [0.717, 1.165) is 24.7 Å². The van der Waals surface area contributed by atoms with Crippen LogP contribution in [0.2, 0.25) is 0 Å². The van der Waals surface area contributed by atoms with Crippen LogP contribution in [0.15, 0.2) is 93.9 Å². The predicted molar refractivity (Wildman–Crippen MR) is 170 cm³/mol. The van der Waals surface area contributed by atoms with Crippen LogP contribution in [0.4, 0.5) is 11.4 Å². The van der Waals surface area contributed by atoms with Crippen molar-refractivity contribution in [3.05, 3.63) is 89.0 Å². The molecule has 3 aromatic carbocycles. The Morgan fingerprint density at radius 2 is 1.60 bits per heavy atom. The van der Waals surface area contributed by atoms with Crippen LogP contribution in [-0.4, -0.2) is 59.5 Å². The van der Waals surface area contributed by atoms with Crippen LogP contribution in [0.3, 0.4) is 0 Å². The summed E-state index contributed by atoms with van der Waals surface area (Å²) >= 11 is 7.43. The molecule has 2 aliphatic heterocycles. The van der Waals surface area contributed by atoms with Gasteiger partial charge in [0.25, 0.3) is 11.8 Å². The lowest BCUT2D eigenvalue weighted by Gasteiger charge is -2.38. The topological polar surface area (TPSA) is 47.1 Å². The molecule has 1 fully saturated rings. The van der Waals surface area contributed by atoms with E-state index in [4.69, 9.17) is 12.2 Å². The Bertz CT molecular complexity index is 1530. The molecular weight excluding hydrogens is 537 g/mol. The molecular formula is C32H34N4O2S2. The number of hydrogen-bond acceptors (Lipinski definition) is 6. The largest absolute Gasteiger partial charge is 0.335 e. The lowest BCUT2D eigenvalue weighted by atomic mass is 10.0. The van der Waals surface area contributed by atoms with Gasteiger partial charge < -0.3 is 9.80 Å². The van der Waals surface area contributed by atoms with Crippen LogP contribution in [0.1, 0.15) is 27.7 Å². The fourth-order valence-corrected chi connectivity index (χ4v) is 6.91. The van der Waals surface area contributed by atoms with E-state index in [1.54, 1.807) is 16.7 Å². The second-order valence-corrected chi connectivity index (χ2v) is 11.2. The van der Waals surface area contributed by atoms with Gasteiger partial charge in [-0.1, -0.05) is 74.1 Å². The molecule has 2 amide bonds. The molecule has 1 saturated heterocycles. The number of allylic oxidation sites excluding steroid dienone is 2. The number of amides is 2. The van der Waals surface area contributed by atoms with Gasteiger partial charge in [0.2, 0.25) is 0 Å². The van der Waals surface area contributed by atoms with Crippen molar-refractivity contribution in [1.29, 1.82) is 0 Å². The molecule has 0 saturated carbocycles. The quantitative estimate of drug-likeness (QED) is 0.177. The Morgan fingerprint density at radius 1 is 0.900 bits per heavy atom. The maximum absolute atomic E-state index is 14.0. The van der Waals surface area contributed by atoms with Crippen LogP contribution >= 0.6 is 24.0 Å². The van der Waals surface area contributed by atoms with Gasteiger partial charge in [0.15, 0.2) is 5.11 Å². The SMILES string of the molecule is CCN(CC)CCN1C(=O)C(=C(C)C=C2Sc3ccc4ccccc4c3N2CC)C(=O)N(c2ccccc2)C1=S. The number of para-hydroxylation sites is 1. The van der Waals surface area contributed by atoms with Crippen molar-refractivity contribution in [2.24, 2.45) is 0 Å². The third-order valence-electron chi connectivity index (χ3n) is 7.51. The van der Waals surface area contributed by atoms with Crippen molar-refractivity contribution in [2.75, 3.05) is 42.5 Å². The monoisotopic (exact) mass is 570 g/mol. The first-order valence-corrected chi connectivity index (χ1v) is 15.0. The highest BCUT2D eigenvalue weighted by molar-refractivity contribution is 8.03. The number of fused-ring (bicyclic) bond motifs is 3. The molecule has 3 aromatic rings. The minimum absolute atomic E-state index is 0.155. The number of likely N-dealkylation sites (N-methyl/N-ethyl adjacent to an activating group) is 1. The van der Waals surface area contributed by atoms with Gasteiger partial charge in [-0.3, -0.25) is 19.4 Å². The highest BCUT2D eigenvalue weighted by Gasteiger charge is 2.41. The first-order valence-electron chi connectivity index (χ1n) is 13.8. The van der Waals surface area contributed by atoms with Crippen molar-refractivity contribution in [3.63, 3.8) is 0 Å². The number of nitrogens with zero attached hydrogens (tertiary/aromatic N) is 4.